The van der Waals surface area contributed by atoms with Crippen LogP contribution in [-0.4, -0.2) is 5.11 Å². The molecular formula is C11H9O. The van der Waals surface area contributed by atoms with Crippen LogP contribution in [0, 0.1) is 18.4 Å². The molecule has 1 heteroatoms. The Morgan fingerprint density at radius 1 is 1.50 bits per heavy atom. The summed E-state index contributed by atoms with van der Waals surface area (Å²) in [6.45, 7) is 3.47. The molecule has 1 aromatic carbocycles. The molecule has 0 aliphatic heterocycles. The highest BCUT2D eigenvalue weighted by Gasteiger charge is 2.01. The van der Waals surface area contributed by atoms with Crippen molar-refractivity contribution in [2.24, 2.45) is 0 Å². The van der Waals surface area contributed by atoms with Crippen LogP contribution in [0.3, 0.4) is 0 Å². The summed E-state index contributed by atoms with van der Waals surface area (Å²) >= 11 is 0. The van der Waals surface area contributed by atoms with Gasteiger partial charge in [-0.1, -0.05) is 30.7 Å². The number of aliphatic hydroxyl groups excluding tert-OH is 1. The number of terminal acetylenes is 1. The minimum absolute atomic E-state index is 0.0466. The summed E-state index contributed by atoms with van der Waals surface area (Å²) in [7, 11) is 0. The molecule has 0 aliphatic carbocycles. The maximum atomic E-state index is 8.93. The van der Waals surface area contributed by atoms with Crippen molar-refractivity contribution < 1.29 is 5.11 Å². The van der Waals surface area contributed by atoms with Crippen LogP contribution in [0.1, 0.15) is 16.7 Å². The molecule has 0 fully saturated rings. The van der Waals surface area contributed by atoms with E-state index in [1.54, 1.807) is 6.07 Å². The minimum atomic E-state index is -0.0466. The van der Waals surface area contributed by atoms with Gasteiger partial charge in [0.1, 0.15) is 0 Å². The number of hydrogen-bond donors (Lipinski definition) is 1. The van der Waals surface area contributed by atoms with Crippen molar-refractivity contribution in [1.29, 1.82) is 0 Å². The molecule has 1 N–H and O–H groups in total. The van der Waals surface area contributed by atoms with Gasteiger partial charge in [-0.3, -0.25) is 0 Å². The second-order valence-electron chi connectivity index (χ2n) is 2.32. The standard InChI is InChI=1S/C11H9O/c1-3-9-6-5-7-10(8-12)11(9)4-2/h2,5-7,12H,1,8H2. The van der Waals surface area contributed by atoms with Crippen molar-refractivity contribution >= 4 is 0 Å². The number of hydrogen-bond acceptors (Lipinski definition) is 1. The average molecular weight is 157 g/mol. The Kier molecular flexibility index (Phi) is 2.68. The lowest BCUT2D eigenvalue weighted by molar-refractivity contribution is 0.281. The van der Waals surface area contributed by atoms with Gasteiger partial charge in [-0.25, -0.2) is 0 Å². The van der Waals surface area contributed by atoms with Crippen LogP contribution in [0.25, 0.3) is 0 Å². The second kappa shape index (κ2) is 3.75. The maximum absolute atomic E-state index is 8.93. The number of aliphatic hydroxyl groups is 1. The zero-order valence-corrected chi connectivity index (χ0v) is 6.67. The van der Waals surface area contributed by atoms with Crippen molar-refractivity contribution in [3.8, 4) is 12.3 Å². The zero-order valence-electron chi connectivity index (χ0n) is 6.67. The summed E-state index contributed by atoms with van der Waals surface area (Å²) in [4.78, 5) is 0. The van der Waals surface area contributed by atoms with Gasteiger partial charge >= 0.3 is 0 Å². The average Bonchev–Trinajstić information content (AvgIpc) is 2.16. The lowest BCUT2D eigenvalue weighted by Gasteiger charge is -2.03. The van der Waals surface area contributed by atoms with Gasteiger partial charge in [0.25, 0.3) is 0 Å². The SMILES string of the molecule is C#Cc1c([C]=C)cccc1CO. The quantitative estimate of drug-likeness (QED) is 0.645. The number of benzene rings is 1. The Morgan fingerprint density at radius 3 is 2.75 bits per heavy atom. The van der Waals surface area contributed by atoms with Gasteiger partial charge in [0.05, 0.1) is 6.61 Å². The molecule has 1 nitrogen and oxygen atoms in total. The fraction of sp³-hybridized carbons (Fsp3) is 0.0909. The largest absolute Gasteiger partial charge is 0.392 e. The molecule has 0 heterocycles. The molecule has 59 valence electrons. The van der Waals surface area contributed by atoms with E-state index in [9.17, 15) is 0 Å². The van der Waals surface area contributed by atoms with E-state index in [0.29, 0.717) is 5.56 Å². The van der Waals surface area contributed by atoms with E-state index >= 15 is 0 Å². The van der Waals surface area contributed by atoms with Gasteiger partial charge in [-0.15, -0.1) is 6.42 Å². The van der Waals surface area contributed by atoms with Crippen LogP contribution in [0.15, 0.2) is 24.8 Å². The fourth-order valence-electron chi connectivity index (χ4n) is 1.05. The molecule has 1 rings (SSSR count). The third-order valence-corrected chi connectivity index (χ3v) is 1.66. The zero-order chi connectivity index (χ0) is 8.97. The lowest BCUT2D eigenvalue weighted by atomic mass is 10.0. The Morgan fingerprint density at radius 2 is 2.25 bits per heavy atom. The molecule has 0 aliphatic rings. The van der Waals surface area contributed by atoms with Crippen molar-refractivity contribution in [3.05, 3.63) is 47.5 Å². The van der Waals surface area contributed by atoms with E-state index in [2.05, 4.69) is 18.6 Å². The van der Waals surface area contributed by atoms with Gasteiger partial charge in [-0.05, 0) is 17.2 Å². The molecular weight excluding hydrogens is 148 g/mol. The smallest absolute Gasteiger partial charge is 0.0694 e. The third-order valence-electron chi connectivity index (χ3n) is 1.66. The molecule has 0 bridgehead atoms. The third kappa shape index (κ3) is 1.39. The van der Waals surface area contributed by atoms with Crippen LogP contribution < -0.4 is 0 Å². The Balaban J connectivity index is 3.34. The van der Waals surface area contributed by atoms with E-state index in [4.69, 9.17) is 11.5 Å². The Labute approximate surface area is 72.4 Å². The molecule has 12 heavy (non-hydrogen) atoms. The first-order valence-electron chi connectivity index (χ1n) is 3.56. The van der Waals surface area contributed by atoms with Gasteiger partial charge in [-0.2, -0.15) is 0 Å². The van der Waals surface area contributed by atoms with E-state index in [1.807, 2.05) is 12.1 Å². The van der Waals surface area contributed by atoms with E-state index in [1.165, 1.54) is 0 Å². The molecule has 0 saturated heterocycles. The van der Waals surface area contributed by atoms with E-state index in [-0.39, 0.29) is 6.61 Å². The monoisotopic (exact) mass is 157 g/mol. The molecule has 0 aromatic heterocycles. The highest BCUT2D eigenvalue weighted by molar-refractivity contribution is 5.48. The molecule has 0 spiro atoms. The van der Waals surface area contributed by atoms with E-state index < -0.39 is 0 Å². The summed E-state index contributed by atoms with van der Waals surface area (Å²) < 4.78 is 0. The van der Waals surface area contributed by atoms with E-state index in [0.717, 1.165) is 11.1 Å². The number of rotatable bonds is 2. The first-order chi connectivity index (χ1) is 5.83. The predicted octanol–water partition coefficient (Wildman–Crippen LogP) is 1.50. The van der Waals surface area contributed by atoms with Crippen LogP contribution in [0.4, 0.5) is 0 Å². The van der Waals surface area contributed by atoms with Gasteiger partial charge in [0, 0.05) is 5.56 Å². The van der Waals surface area contributed by atoms with Crippen molar-refractivity contribution in [2.75, 3.05) is 0 Å². The lowest BCUT2D eigenvalue weighted by Crippen LogP contribution is -1.92. The highest BCUT2D eigenvalue weighted by atomic mass is 16.3. The summed E-state index contributed by atoms with van der Waals surface area (Å²) in [6.07, 6.45) is 7.99. The van der Waals surface area contributed by atoms with Crippen molar-refractivity contribution in [1.82, 2.24) is 0 Å². The first-order valence-corrected chi connectivity index (χ1v) is 3.56. The maximum Gasteiger partial charge on any atom is 0.0694 e. The summed E-state index contributed by atoms with van der Waals surface area (Å²) in [5.74, 6) is 2.50. The predicted molar refractivity (Wildman–Crippen MR) is 48.3 cm³/mol. The summed E-state index contributed by atoms with van der Waals surface area (Å²) in [6, 6.07) is 5.43. The van der Waals surface area contributed by atoms with Crippen molar-refractivity contribution in [3.63, 3.8) is 0 Å². The van der Waals surface area contributed by atoms with Crippen molar-refractivity contribution in [2.45, 2.75) is 6.61 Å². The van der Waals surface area contributed by atoms with Crippen LogP contribution in [-0.2, 0) is 6.61 Å². The normalized spacial score (nSPS) is 9.00. The minimum Gasteiger partial charge on any atom is -0.392 e. The first kappa shape index (κ1) is 8.58. The second-order valence-corrected chi connectivity index (χ2v) is 2.32. The Hall–Kier alpha value is -1.52. The fourth-order valence-corrected chi connectivity index (χ4v) is 1.05. The topological polar surface area (TPSA) is 20.2 Å². The summed E-state index contributed by atoms with van der Waals surface area (Å²) in [5, 5.41) is 8.93. The van der Waals surface area contributed by atoms with Gasteiger partial charge in [0.2, 0.25) is 0 Å². The summed E-state index contributed by atoms with van der Waals surface area (Å²) in [5.41, 5.74) is 2.19. The van der Waals surface area contributed by atoms with Gasteiger partial charge < -0.3 is 5.11 Å². The highest BCUT2D eigenvalue weighted by Crippen LogP contribution is 2.13. The molecule has 0 amide bonds. The molecule has 0 unspecified atom stereocenters. The molecule has 1 radical (unpaired) electrons. The molecule has 0 saturated carbocycles. The van der Waals surface area contributed by atoms with Gasteiger partial charge in [0.15, 0.2) is 0 Å². The van der Waals surface area contributed by atoms with Crippen LogP contribution >= 0.6 is 0 Å². The van der Waals surface area contributed by atoms with Crippen LogP contribution in [0.5, 0.6) is 0 Å². The molecule has 0 atom stereocenters. The Bertz CT molecular complexity index is 331. The van der Waals surface area contributed by atoms with Crippen LogP contribution in [0.2, 0.25) is 0 Å². The molecule has 1 aromatic rings.